The highest BCUT2D eigenvalue weighted by Gasteiger charge is 2.13. The van der Waals surface area contributed by atoms with Gasteiger partial charge >= 0.3 is 0 Å². The molecule has 2 rings (SSSR count). The smallest absolute Gasteiger partial charge is 0.161 e. The molecule has 1 unspecified atom stereocenters. The average molecular weight is 362 g/mol. The number of nitrogens with zero attached hydrogens (tertiary/aromatic N) is 1. The Hall–Kier alpha value is -2.29. The summed E-state index contributed by atoms with van der Waals surface area (Å²) in [6.07, 6.45) is 2.14. The Balaban J connectivity index is 2.45. The number of halogens is 1. The molecule has 0 radical (unpaired) electrons. The molecular weight excluding hydrogens is 346 g/mol. The predicted molar refractivity (Wildman–Crippen MR) is 95.5 cm³/mol. The van der Waals surface area contributed by atoms with E-state index in [0.717, 1.165) is 0 Å². The number of methoxy groups -OCH3 is 1. The van der Waals surface area contributed by atoms with Crippen molar-refractivity contribution in [2.45, 2.75) is 18.2 Å². The van der Waals surface area contributed by atoms with Crippen molar-refractivity contribution in [1.29, 1.82) is 5.26 Å². The van der Waals surface area contributed by atoms with Crippen molar-refractivity contribution in [2.75, 3.05) is 7.11 Å². The molecule has 0 amide bonds. The highest BCUT2D eigenvalue weighted by atomic mass is 35.5. The van der Waals surface area contributed by atoms with Crippen LogP contribution in [0.25, 0.3) is 6.08 Å². The summed E-state index contributed by atoms with van der Waals surface area (Å²) in [6.45, 7) is 1.90. The number of benzene rings is 2. The average Bonchev–Trinajstić information content (AvgIpc) is 2.60. The lowest BCUT2D eigenvalue weighted by Crippen LogP contribution is -1.95. The summed E-state index contributed by atoms with van der Waals surface area (Å²) in [5, 5.41) is 19.9. The fourth-order valence-corrected chi connectivity index (χ4v) is 3.25. The number of hydrogen-bond donors (Lipinski definition) is 1. The van der Waals surface area contributed by atoms with Gasteiger partial charge in [-0.25, -0.2) is 4.21 Å². The minimum atomic E-state index is -1.61. The van der Waals surface area contributed by atoms with Crippen LogP contribution in [0.2, 0.25) is 5.02 Å². The maximum atomic E-state index is 12.6. The zero-order valence-electron chi connectivity index (χ0n) is 13.2. The molecule has 0 aliphatic rings. The van der Waals surface area contributed by atoms with Gasteiger partial charge in [0.1, 0.15) is 11.0 Å². The Morgan fingerprint density at radius 2 is 2.04 bits per heavy atom. The molecule has 0 saturated carbocycles. The maximum absolute atomic E-state index is 12.6. The van der Waals surface area contributed by atoms with Crippen LogP contribution in [0, 0.1) is 11.3 Å². The monoisotopic (exact) mass is 361 g/mol. The normalized spacial score (nSPS) is 12.5. The molecule has 0 heterocycles. The SMILES string of the molecule is CCc1cc(/C=C(\C#N)S(=O)c2ccc(Cl)cc2)cc(OC)c1O. The topological polar surface area (TPSA) is 70.3 Å². The van der Waals surface area contributed by atoms with Gasteiger partial charge in [-0.2, -0.15) is 5.26 Å². The van der Waals surface area contributed by atoms with Crippen LogP contribution in [0.1, 0.15) is 18.1 Å². The highest BCUT2D eigenvalue weighted by Crippen LogP contribution is 2.33. The van der Waals surface area contributed by atoms with Gasteiger partial charge in [0.15, 0.2) is 11.5 Å². The van der Waals surface area contributed by atoms with Crippen molar-refractivity contribution >= 4 is 28.5 Å². The number of ether oxygens (including phenoxy) is 1. The molecule has 4 nitrogen and oxygen atoms in total. The van der Waals surface area contributed by atoms with Crippen LogP contribution in [0.15, 0.2) is 46.2 Å². The molecule has 0 saturated heterocycles. The second-order valence-corrected chi connectivity index (χ2v) is 6.81. The molecule has 0 fully saturated rings. The predicted octanol–water partition coefficient (Wildman–Crippen LogP) is 4.29. The van der Waals surface area contributed by atoms with Gasteiger partial charge in [0.05, 0.1) is 17.9 Å². The second-order valence-electron chi connectivity index (χ2n) is 4.93. The summed E-state index contributed by atoms with van der Waals surface area (Å²) in [4.78, 5) is 0.598. The molecule has 0 bridgehead atoms. The third kappa shape index (κ3) is 3.97. The van der Waals surface area contributed by atoms with E-state index in [4.69, 9.17) is 16.3 Å². The van der Waals surface area contributed by atoms with Gasteiger partial charge in [-0.1, -0.05) is 18.5 Å². The third-order valence-electron chi connectivity index (χ3n) is 3.41. The zero-order chi connectivity index (χ0) is 17.7. The molecule has 0 aliphatic carbocycles. The lowest BCUT2D eigenvalue weighted by Gasteiger charge is -2.09. The highest BCUT2D eigenvalue weighted by molar-refractivity contribution is 7.89. The molecular formula is C18H16ClNO3S. The summed E-state index contributed by atoms with van der Waals surface area (Å²) < 4.78 is 17.7. The number of rotatable bonds is 5. The first-order valence-electron chi connectivity index (χ1n) is 7.19. The Kier molecular flexibility index (Phi) is 6.02. The van der Waals surface area contributed by atoms with E-state index in [1.165, 1.54) is 13.2 Å². The fraction of sp³-hybridized carbons (Fsp3) is 0.167. The summed E-state index contributed by atoms with van der Waals surface area (Å²) in [7, 11) is -0.157. The van der Waals surface area contributed by atoms with Crippen molar-refractivity contribution in [1.82, 2.24) is 0 Å². The molecule has 1 atom stereocenters. The molecule has 2 aromatic rings. The number of aromatic hydroxyl groups is 1. The number of hydrogen-bond acceptors (Lipinski definition) is 4. The molecule has 1 N–H and O–H groups in total. The van der Waals surface area contributed by atoms with Crippen LogP contribution >= 0.6 is 11.6 Å². The van der Waals surface area contributed by atoms with Gasteiger partial charge in [-0.05, 0) is 60.0 Å². The second kappa shape index (κ2) is 8.00. The van der Waals surface area contributed by atoms with E-state index in [2.05, 4.69) is 0 Å². The first-order valence-corrected chi connectivity index (χ1v) is 8.72. The Bertz CT molecular complexity index is 813. The van der Waals surface area contributed by atoms with Crippen LogP contribution in [-0.4, -0.2) is 16.4 Å². The van der Waals surface area contributed by atoms with E-state index in [0.29, 0.717) is 33.2 Å². The lowest BCUT2D eigenvalue weighted by molar-refractivity contribution is 0.371. The largest absolute Gasteiger partial charge is 0.504 e. The lowest BCUT2D eigenvalue weighted by atomic mass is 10.1. The van der Waals surface area contributed by atoms with Crippen LogP contribution in [0.4, 0.5) is 0 Å². The van der Waals surface area contributed by atoms with Gasteiger partial charge in [-0.3, -0.25) is 0 Å². The fourth-order valence-electron chi connectivity index (χ4n) is 2.16. The first-order chi connectivity index (χ1) is 11.5. The van der Waals surface area contributed by atoms with E-state index in [-0.39, 0.29) is 10.7 Å². The van der Waals surface area contributed by atoms with E-state index >= 15 is 0 Å². The standard InChI is InChI=1S/C18H16ClNO3S/c1-3-13-8-12(10-17(23-2)18(13)21)9-16(11-20)24(22)15-6-4-14(19)5-7-15/h4-10,21H,3H2,1-2H3/b16-9+. The van der Waals surface area contributed by atoms with Gasteiger partial charge in [-0.15, -0.1) is 0 Å². The number of phenolic OH excluding ortho intramolecular Hbond substituents is 1. The van der Waals surface area contributed by atoms with Crippen molar-refractivity contribution in [2.24, 2.45) is 0 Å². The van der Waals surface area contributed by atoms with Crippen LogP contribution in [0.3, 0.4) is 0 Å². The Morgan fingerprint density at radius 3 is 2.58 bits per heavy atom. The Morgan fingerprint density at radius 1 is 1.38 bits per heavy atom. The minimum Gasteiger partial charge on any atom is -0.504 e. The summed E-state index contributed by atoms with van der Waals surface area (Å²) >= 11 is 5.83. The first kappa shape index (κ1) is 18.1. The van der Waals surface area contributed by atoms with Gasteiger partial charge < -0.3 is 9.84 Å². The summed E-state index contributed by atoms with van der Waals surface area (Å²) in [6, 6.07) is 11.8. The third-order valence-corrected chi connectivity index (χ3v) is 4.97. The number of aryl methyl sites for hydroxylation is 1. The van der Waals surface area contributed by atoms with E-state index in [9.17, 15) is 14.6 Å². The number of phenols is 1. The minimum absolute atomic E-state index is 0.0782. The van der Waals surface area contributed by atoms with E-state index < -0.39 is 10.8 Å². The summed E-state index contributed by atoms with van der Waals surface area (Å²) in [5.74, 6) is 0.393. The zero-order valence-corrected chi connectivity index (χ0v) is 14.8. The molecule has 0 aliphatic heterocycles. The maximum Gasteiger partial charge on any atom is 0.161 e. The molecule has 2 aromatic carbocycles. The molecule has 24 heavy (non-hydrogen) atoms. The van der Waals surface area contributed by atoms with Gasteiger partial charge in [0.25, 0.3) is 0 Å². The van der Waals surface area contributed by atoms with Crippen LogP contribution in [-0.2, 0) is 17.2 Å². The van der Waals surface area contributed by atoms with Crippen molar-refractivity contribution < 1.29 is 14.1 Å². The summed E-state index contributed by atoms with van der Waals surface area (Å²) in [5.41, 5.74) is 1.33. The molecule has 0 aromatic heterocycles. The quantitative estimate of drug-likeness (QED) is 0.806. The number of nitriles is 1. The van der Waals surface area contributed by atoms with Crippen molar-refractivity contribution in [3.8, 4) is 17.6 Å². The Labute approximate surface area is 148 Å². The molecule has 0 spiro atoms. The van der Waals surface area contributed by atoms with Crippen LogP contribution in [0.5, 0.6) is 11.5 Å². The van der Waals surface area contributed by atoms with E-state index in [1.54, 1.807) is 36.4 Å². The van der Waals surface area contributed by atoms with Gasteiger partial charge in [0.2, 0.25) is 0 Å². The van der Waals surface area contributed by atoms with E-state index in [1.807, 2.05) is 13.0 Å². The van der Waals surface area contributed by atoms with Crippen LogP contribution < -0.4 is 4.74 Å². The molecule has 6 heteroatoms. The number of allylic oxidation sites excluding steroid dienone is 1. The molecule has 124 valence electrons. The van der Waals surface area contributed by atoms with Crippen molar-refractivity contribution in [3.05, 3.63) is 57.5 Å². The van der Waals surface area contributed by atoms with Gasteiger partial charge in [0, 0.05) is 9.92 Å². The van der Waals surface area contributed by atoms with Crippen molar-refractivity contribution in [3.63, 3.8) is 0 Å².